The third kappa shape index (κ3) is 5.52. The molecule has 0 unspecified atom stereocenters. The van der Waals surface area contributed by atoms with Gasteiger partial charge in [0.1, 0.15) is 41.5 Å². The Labute approximate surface area is 252 Å². The van der Waals surface area contributed by atoms with Crippen LogP contribution in [0.5, 0.6) is 11.5 Å². The zero-order chi connectivity index (χ0) is 30.0. The Morgan fingerprint density at radius 2 is 1.64 bits per heavy atom. The number of imide groups is 1. The zero-order valence-electron chi connectivity index (χ0n) is 23.8. The van der Waals surface area contributed by atoms with E-state index in [2.05, 4.69) is 30.2 Å². The van der Waals surface area contributed by atoms with E-state index < -0.39 is 6.03 Å². The Kier molecular flexibility index (Phi) is 7.28. The topological polar surface area (TPSA) is 157 Å². The van der Waals surface area contributed by atoms with Crippen LogP contribution in [0.1, 0.15) is 31.0 Å². The molecule has 2 saturated heterocycles. The van der Waals surface area contributed by atoms with Crippen LogP contribution >= 0.6 is 0 Å². The molecular weight excluding hydrogens is 560 g/mol. The van der Waals surface area contributed by atoms with Crippen molar-refractivity contribution in [2.24, 2.45) is 0 Å². The van der Waals surface area contributed by atoms with Crippen LogP contribution in [0.15, 0.2) is 73.3 Å². The smallest absolute Gasteiger partial charge is 0.329 e. The van der Waals surface area contributed by atoms with Gasteiger partial charge in [-0.1, -0.05) is 18.2 Å². The van der Waals surface area contributed by atoms with Gasteiger partial charge in [-0.05, 0) is 49.2 Å². The second kappa shape index (κ2) is 11.7. The number of para-hydroxylation sites is 1. The molecule has 3 amide bonds. The number of amides is 3. The molecule has 0 aliphatic carbocycles. The molecule has 7 rings (SSSR count). The van der Waals surface area contributed by atoms with Gasteiger partial charge in [0.05, 0.1) is 17.1 Å². The minimum atomic E-state index is -0.460. The summed E-state index contributed by atoms with van der Waals surface area (Å²) in [5.41, 5.74) is 9.53. The fourth-order valence-electron chi connectivity index (χ4n) is 5.71. The van der Waals surface area contributed by atoms with Gasteiger partial charge in [0.15, 0.2) is 5.65 Å². The molecule has 0 bridgehead atoms. The molecule has 3 aromatic heterocycles. The summed E-state index contributed by atoms with van der Waals surface area (Å²) in [7, 11) is 0. The lowest BCUT2D eigenvalue weighted by Gasteiger charge is -2.32. The van der Waals surface area contributed by atoms with E-state index in [1.54, 1.807) is 0 Å². The van der Waals surface area contributed by atoms with E-state index in [4.69, 9.17) is 15.6 Å². The number of rotatable bonds is 7. The molecular formula is C31H30N10O3. The lowest BCUT2D eigenvalue weighted by molar-refractivity contribution is -0.120. The molecule has 5 aromatic rings. The van der Waals surface area contributed by atoms with Gasteiger partial charge in [-0.2, -0.15) is 5.10 Å². The number of aromatic nitrogens is 6. The SMILES string of the molecule is Nc1ncnc2c1c(-c1ccc(Oc3ccccc3)cc1)nn2C1CCN(Cc2cc(N3CCC(=O)NC3=O)ncn2)CC1. The first-order valence-electron chi connectivity index (χ1n) is 14.5. The van der Waals surface area contributed by atoms with Gasteiger partial charge < -0.3 is 10.5 Å². The minimum Gasteiger partial charge on any atom is -0.457 e. The van der Waals surface area contributed by atoms with Gasteiger partial charge in [0.25, 0.3) is 0 Å². The van der Waals surface area contributed by atoms with Crippen molar-refractivity contribution < 1.29 is 14.3 Å². The molecule has 2 aliphatic rings. The number of urea groups is 1. The monoisotopic (exact) mass is 590 g/mol. The van der Waals surface area contributed by atoms with E-state index in [1.165, 1.54) is 17.6 Å². The molecule has 0 saturated carbocycles. The normalized spacial score (nSPS) is 16.3. The molecule has 44 heavy (non-hydrogen) atoms. The van der Waals surface area contributed by atoms with Crippen molar-refractivity contribution in [3.05, 3.63) is 79.0 Å². The number of ether oxygens (including phenoxy) is 1. The summed E-state index contributed by atoms with van der Waals surface area (Å²) >= 11 is 0. The third-order valence-corrected chi connectivity index (χ3v) is 7.95. The van der Waals surface area contributed by atoms with Crippen molar-refractivity contribution in [2.75, 3.05) is 30.3 Å². The zero-order valence-corrected chi connectivity index (χ0v) is 23.8. The number of nitrogen functional groups attached to an aromatic ring is 1. The maximum Gasteiger partial charge on any atom is 0.329 e. The van der Waals surface area contributed by atoms with Crippen LogP contribution < -0.4 is 20.7 Å². The number of nitrogens with zero attached hydrogens (tertiary/aromatic N) is 8. The summed E-state index contributed by atoms with van der Waals surface area (Å²) in [5, 5.41) is 8.10. The summed E-state index contributed by atoms with van der Waals surface area (Å²) in [6, 6.07) is 18.9. The van der Waals surface area contributed by atoms with Crippen molar-refractivity contribution in [3.63, 3.8) is 0 Å². The summed E-state index contributed by atoms with van der Waals surface area (Å²) < 4.78 is 7.95. The highest BCUT2D eigenvalue weighted by Crippen LogP contribution is 2.35. The highest BCUT2D eigenvalue weighted by atomic mass is 16.5. The number of nitrogens with one attached hydrogen (secondary N) is 1. The molecule has 2 aromatic carbocycles. The van der Waals surface area contributed by atoms with Crippen LogP contribution in [-0.4, -0.2) is 66.2 Å². The number of fused-ring (bicyclic) bond motifs is 1. The lowest BCUT2D eigenvalue weighted by atomic mass is 10.0. The van der Waals surface area contributed by atoms with Crippen molar-refractivity contribution in [3.8, 4) is 22.8 Å². The predicted molar refractivity (Wildman–Crippen MR) is 163 cm³/mol. The Morgan fingerprint density at radius 3 is 2.41 bits per heavy atom. The maximum atomic E-state index is 12.3. The van der Waals surface area contributed by atoms with Gasteiger partial charge in [-0.15, -0.1) is 0 Å². The van der Waals surface area contributed by atoms with Gasteiger partial charge in [0, 0.05) is 44.2 Å². The van der Waals surface area contributed by atoms with Crippen molar-refractivity contribution in [1.82, 2.24) is 39.9 Å². The van der Waals surface area contributed by atoms with Crippen molar-refractivity contribution in [1.29, 1.82) is 0 Å². The molecule has 0 radical (unpaired) electrons. The fourth-order valence-corrected chi connectivity index (χ4v) is 5.71. The molecule has 13 heteroatoms. The first kappa shape index (κ1) is 27.4. The quantitative estimate of drug-likeness (QED) is 0.284. The largest absolute Gasteiger partial charge is 0.457 e. The summed E-state index contributed by atoms with van der Waals surface area (Å²) in [6.07, 6.45) is 4.91. The predicted octanol–water partition coefficient (Wildman–Crippen LogP) is 3.94. The summed E-state index contributed by atoms with van der Waals surface area (Å²) in [6.45, 7) is 2.57. The molecule has 5 heterocycles. The van der Waals surface area contributed by atoms with Crippen LogP contribution in [0.2, 0.25) is 0 Å². The van der Waals surface area contributed by atoms with Gasteiger partial charge in [-0.25, -0.2) is 29.4 Å². The fraction of sp³-hybridized carbons (Fsp3) is 0.258. The van der Waals surface area contributed by atoms with Crippen LogP contribution in [0.4, 0.5) is 16.4 Å². The van der Waals surface area contributed by atoms with Gasteiger partial charge in [-0.3, -0.25) is 19.9 Å². The van der Waals surface area contributed by atoms with Crippen LogP contribution in [0, 0.1) is 0 Å². The number of hydrogen-bond donors (Lipinski definition) is 2. The number of carbonyl (C=O) groups excluding carboxylic acids is 2. The Bertz CT molecular complexity index is 1820. The Balaban J connectivity index is 1.06. The van der Waals surface area contributed by atoms with E-state index >= 15 is 0 Å². The van der Waals surface area contributed by atoms with Crippen molar-refractivity contribution in [2.45, 2.75) is 31.8 Å². The van der Waals surface area contributed by atoms with Crippen molar-refractivity contribution >= 4 is 34.6 Å². The average Bonchev–Trinajstić information content (AvgIpc) is 3.43. The number of anilines is 2. The Morgan fingerprint density at radius 1 is 0.886 bits per heavy atom. The number of likely N-dealkylation sites (tertiary alicyclic amines) is 1. The number of carbonyl (C=O) groups is 2. The van der Waals surface area contributed by atoms with Crippen LogP contribution in [0.25, 0.3) is 22.3 Å². The minimum absolute atomic E-state index is 0.132. The molecule has 0 atom stereocenters. The molecule has 2 fully saturated rings. The Hall–Kier alpha value is -5.43. The number of piperidine rings is 1. The molecule has 2 aliphatic heterocycles. The van der Waals surface area contributed by atoms with E-state index in [0.717, 1.165) is 59.8 Å². The van der Waals surface area contributed by atoms with Gasteiger partial charge >= 0.3 is 6.03 Å². The average molecular weight is 591 g/mol. The second-order valence-electron chi connectivity index (χ2n) is 10.8. The summed E-state index contributed by atoms with van der Waals surface area (Å²) in [4.78, 5) is 45.1. The third-order valence-electron chi connectivity index (χ3n) is 7.95. The number of benzene rings is 2. The highest BCUT2D eigenvalue weighted by molar-refractivity contribution is 6.05. The van der Waals surface area contributed by atoms with E-state index in [1.807, 2.05) is 65.3 Å². The highest BCUT2D eigenvalue weighted by Gasteiger charge is 2.28. The van der Waals surface area contributed by atoms with E-state index in [0.29, 0.717) is 30.4 Å². The molecule has 222 valence electrons. The van der Waals surface area contributed by atoms with Crippen LogP contribution in [-0.2, 0) is 11.3 Å². The number of hydrogen-bond acceptors (Lipinski definition) is 10. The number of nitrogens with two attached hydrogens (primary N) is 1. The van der Waals surface area contributed by atoms with Crippen LogP contribution in [0.3, 0.4) is 0 Å². The molecule has 0 spiro atoms. The van der Waals surface area contributed by atoms with E-state index in [-0.39, 0.29) is 18.4 Å². The molecule has 13 nitrogen and oxygen atoms in total. The standard InChI is InChI=1S/C31H30N10O3/c32-29-27-28(20-6-8-24(9-7-20)44-23-4-2-1-3-5-23)38-41(30(27)36-19-35-29)22-10-13-39(14-11-22)17-21-16-25(34-18-33-21)40-15-12-26(42)37-31(40)43/h1-9,16,18-19,22H,10-15,17H2,(H2,32,35,36)(H,37,42,43). The van der Waals surface area contributed by atoms with E-state index in [9.17, 15) is 9.59 Å². The second-order valence-corrected chi connectivity index (χ2v) is 10.8. The first-order chi connectivity index (χ1) is 21.5. The lowest BCUT2D eigenvalue weighted by Crippen LogP contribution is -2.50. The maximum absolute atomic E-state index is 12.3. The first-order valence-corrected chi connectivity index (χ1v) is 14.5. The summed E-state index contributed by atoms with van der Waals surface area (Å²) in [5.74, 6) is 2.10. The molecule has 3 N–H and O–H groups in total. The van der Waals surface area contributed by atoms with Gasteiger partial charge in [0.2, 0.25) is 5.91 Å².